The Hall–Kier alpha value is -1.00. The summed E-state index contributed by atoms with van der Waals surface area (Å²) in [6, 6.07) is 6.35. The predicted octanol–water partition coefficient (Wildman–Crippen LogP) is 1.48. The van der Waals surface area contributed by atoms with E-state index < -0.39 is 15.8 Å². The molecule has 0 bridgehead atoms. The molecule has 1 aromatic carbocycles. The van der Waals surface area contributed by atoms with E-state index >= 15 is 0 Å². The van der Waals surface area contributed by atoms with Crippen molar-refractivity contribution in [2.45, 2.75) is 29.9 Å². The number of nitrogens with zero attached hydrogens (tertiary/aromatic N) is 1. The van der Waals surface area contributed by atoms with Crippen LogP contribution in [0.5, 0.6) is 0 Å². The summed E-state index contributed by atoms with van der Waals surface area (Å²) in [5, 5.41) is 0. The van der Waals surface area contributed by atoms with Crippen molar-refractivity contribution in [2.24, 2.45) is 0 Å². The van der Waals surface area contributed by atoms with Gasteiger partial charge in [-0.1, -0.05) is 15.9 Å². The quantitative estimate of drug-likeness (QED) is 0.761. The van der Waals surface area contributed by atoms with Crippen molar-refractivity contribution in [3.63, 3.8) is 0 Å². The first kappa shape index (κ1) is 18.8. The van der Waals surface area contributed by atoms with Gasteiger partial charge in [-0.15, -0.1) is 0 Å². The summed E-state index contributed by atoms with van der Waals surface area (Å²) in [6.07, 6.45) is 1.44. The van der Waals surface area contributed by atoms with Crippen LogP contribution in [0.25, 0.3) is 0 Å². The second kappa shape index (κ2) is 7.71. The summed E-state index contributed by atoms with van der Waals surface area (Å²) in [4.78, 5) is 14.2. The molecule has 25 heavy (non-hydrogen) atoms. The number of sulfonamides is 1. The first-order valence-corrected chi connectivity index (χ1v) is 10.5. The highest BCUT2D eigenvalue weighted by molar-refractivity contribution is 9.10. The van der Waals surface area contributed by atoms with Gasteiger partial charge in [-0.05, 0) is 24.3 Å². The van der Waals surface area contributed by atoms with Crippen LogP contribution in [0.4, 0.5) is 0 Å². The Morgan fingerprint density at radius 2 is 1.76 bits per heavy atom. The second-order valence-electron chi connectivity index (χ2n) is 6.09. The minimum Gasteiger partial charge on any atom is -0.347 e. The average molecular weight is 433 g/mol. The zero-order valence-corrected chi connectivity index (χ0v) is 16.1. The molecule has 0 radical (unpaired) electrons. The smallest absolute Gasteiger partial charge is 0.240 e. The van der Waals surface area contributed by atoms with E-state index in [-0.39, 0.29) is 23.8 Å². The number of benzene rings is 1. The molecule has 0 aromatic heterocycles. The van der Waals surface area contributed by atoms with Crippen molar-refractivity contribution in [2.75, 3.05) is 32.8 Å². The monoisotopic (exact) mass is 432 g/mol. The Bertz CT molecular complexity index is 707. The normalized spacial score (nSPS) is 20.1. The maximum absolute atomic E-state index is 12.3. The molecule has 2 heterocycles. The summed E-state index contributed by atoms with van der Waals surface area (Å²) < 4.78 is 38.9. The number of carbonyl (C=O) groups excluding carboxylic acids is 1. The molecule has 1 aromatic rings. The van der Waals surface area contributed by atoms with Crippen LogP contribution in [-0.4, -0.2) is 57.9 Å². The molecule has 2 aliphatic rings. The molecule has 1 N–H and O–H groups in total. The lowest BCUT2D eigenvalue weighted by Crippen LogP contribution is -2.47. The third-order valence-corrected chi connectivity index (χ3v) is 6.45. The number of carbonyl (C=O) groups is 1. The molecule has 2 saturated heterocycles. The molecule has 9 heteroatoms. The van der Waals surface area contributed by atoms with E-state index in [4.69, 9.17) is 9.47 Å². The van der Waals surface area contributed by atoms with Crippen LogP contribution >= 0.6 is 15.9 Å². The molecule has 0 unspecified atom stereocenters. The Labute approximate surface area is 155 Å². The predicted molar refractivity (Wildman–Crippen MR) is 94.4 cm³/mol. The van der Waals surface area contributed by atoms with Gasteiger partial charge in [0.15, 0.2) is 5.79 Å². The third kappa shape index (κ3) is 4.59. The molecule has 138 valence electrons. The van der Waals surface area contributed by atoms with Gasteiger partial charge < -0.3 is 14.4 Å². The fraction of sp³-hybridized carbons (Fsp3) is 0.562. The molecule has 2 fully saturated rings. The van der Waals surface area contributed by atoms with Gasteiger partial charge in [0.1, 0.15) is 0 Å². The number of rotatable bonds is 5. The number of amides is 1. The SMILES string of the molecule is O=C(CCNS(=O)(=O)c1ccc(Br)cc1)N1CCC2(CC1)OCCO2. The summed E-state index contributed by atoms with van der Waals surface area (Å²) in [6.45, 7) is 2.42. The highest BCUT2D eigenvalue weighted by Crippen LogP contribution is 2.31. The van der Waals surface area contributed by atoms with E-state index in [1.165, 1.54) is 12.1 Å². The molecule has 7 nitrogen and oxygen atoms in total. The molecule has 0 atom stereocenters. The van der Waals surface area contributed by atoms with Crippen molar-refractivity contribution < 1.29 is 22.7 Å². The summed E-state index contributed by atoms with van der Waals surface area (Å²) >= 11 is 3.27. The number of piperidine rings is 1. The van der Waals surface area contributed by atoms with E-state index in [1.807, 2.05) is 0 Å². The molecular weight excluding hydrogens is 412 g/mol. The van der Waals surface area contributed by atoms with Crippen LogP contribution in [0.1, 0.15) is 19.3 Å². The summed E-state index contributed by atoms with van der Waals surface area (Å²) in [5.41, 5.74) is 0. The number of likely N-dealkylation sites (tertiary alicyclic amines) is 1. The van der Waals surface area contributed by atoms with Gasteiger partial charge in [-0.2, -0.15) is 0 Å². The fourth-order valence-corrected chi connectivity index (χ4v) is 4.33. The van der Waals surface area contributed by atoms with Crippen molar-refractivity contribution >= 4 is 31.9 Å². The van der Waals surface area contributed by atoms with Gasteiger partial charge in [0.2, 0.25) is 15.9 Å². The Balaban J connectivity index is 1.45. The van der Waals surface area contributed by atoms with Crippen LogP contribution in [0.2, 0.25) is 0 Å². The van der Waals surface area contributed by atoms with E-state index in [0.717, 1.165) is 4.47 Å². The number of ether oxygens (including phenoxy) is 2. The van der Waals surface area contributed by atoms with Crippen LogP contribution in [0.15, 0.2) is 33.6 Å². The fourth-order valence-electron chi connectivity index (χ4n) is 3.03. The van der Waals surface area contributed by atoms with Crippen molar-refractivity contribution in [3.05, 3.63) is 28.7 Å². The van der Waals surface area contributed by atoms with Crippen LogP contribution in [-0.2, 0) is 24.3 Å². The van der Waals surface area contributed by atoms with Crippen LogP contribution in [0.3, 0.4) is 0 Å². The van der Waals surface area contributed by atoms with Gasteiger partial charge in [-0.3, -0.25) is 4.79 Å². The zero-order valence-electron chi connectivity index (χ0n) is 13.7. The number of halogens is 1. The molecule has 1 spiro atoms. The van der Waals surface area contributed by atoms with Crippen molar-refractivity contribution in [1.29, 1.82) is 0 Å². The summed E-state index contributed by atoms with van der Waals surface area (Å²) in [5.74, 6) is -0.577. The number of hydrogen-bond acceptors (Lipinski definition) is 5. The van der Waals surface area contributed by atoms with E-state index in [9.17, 15) is 13.2 Å². The largest absolute Gasteiger partial charge is 0.347 e. The molecule has 2 aliphatic heterocycles. The number of hydrogen-bond donors (Lipinski definition) is 1. The van der Waals surface area contributed by atoms with Crippen LogP contribution in [0, 0.1) is 0 Å². The lowest BCUT2D eigenvalue weighted by atomic mass is 10.0. The zero-order chi connectivity index (χ0) is 17.9. The molecule has 0 saturated carbocycles. The second-order valence-corrected chi connectivity index (χ2v) is 8.77. The molecule has 0 aliphatic carbocycles. The first-order valence-electron chi connectivity index (χ1n) is 8.21. The molecule has 1 amide bonds. The number of nitrogens with one attached hydrogen (secondary N) is 1. The highest BCUT2D eigenvalue weighted by Gasteiger charge is 2.40. The Kier molecular flexibility index (Phi) is 5.79. The van der Waals surface area contributed by atoms with Gasteiger partial charge in [0, 0.05) is 43.4 Å². The average Bonchev–Trinajstić information content (AvgIpc) is 3.04. The minimum absolute atomic E-state index is 0.0636. The third-order valence-electron chi connectivity index (χ3n) is 4.45. The lowest BCUT2D eigenvalue weighted by Gasteiger charge is -2.37. The van der Waals surface area contributed by atoms with Crippen LogP contribution < -0.4 is 4.72 Å². The topological polar surface area (TPSA) is 84.9 Å². The molecule has 3 rings (SSSR count). The maximum Gasteiger partial charge on any atom is 0.240 e. The first-order chi connectivity index (χ1) is 11.9. The van der Waals surface area contributed by atoms with E-state index in [2.05, 4.69) is 20.7 Å². The van der Waals surface area contributed by atoms with Gasteiger partial charge >= 0.3 is 0 Å². The van der Waals surface area contributed by atoms with Gasteiger partial charge in [0.25, 0.3) is 0 Å². The Morgan fingerprint density at radius 1 is 1.16 bits per heavy atom. The molecular formula is C16H21BrN2O5S. The van der Waals surface area contributed by atoms with E-state index in [0.29, 0.717) is 39.1 Å². The minimum atomic E-state index is -3.60. The standard InChI is InChI=1S/C16H21BrN2O5S/c17-13-1-3-14(4-2-13)25(21,22)18-8-5-15(20)19-9-6-16(7-10-19)23-11-12-24-16/h1-4,18H,5-12H2. The summed E-state index contributed by atoms with van der Waals surface area (Å²) in [7, 11) is -3.60. The highest BCUT2D eigenvalue weighted by atomic mass is 79.9. The Morgan fingerprint density at radius 3 is 2.36 bits per heavy atom. The lowest BCUT2D eigenvalue weighted by molar-refractivity contribution is -0.187. The van der Waals surface area contributed by atoms with E-state index in [1.54, 1.807) is 17.0 Å². The van der Waals surface area contributed by atoms with Crippen molar-refractivity contribution in [3.8, 4) is 0 Å². The van der Waals surface area contributed by atoms with Gasteiger partial charge in [-0.25, -0.2) is 13.1 Å². The van der Waals surface area contributed by atoms with Gasteiger partial charge in [0.05, 0.1) is 18.1 Å². The van der Waals surface area contributed by atoms with Crippen molar-refractivity contribution in [1.82, 2.24) is 9.62 Å². The maximum atomic E-state index is 12.3.